The number of nitro groups is 1. The molecular formula is C14H13NO6. The van der Waals surface area contributed by atoms with Crippen molar-refractivity contribution >= 4 is 11.7 Å². The quantitative estimate of drug-likeness (QED) is 0.670. The number of carbonyl (C=O) groups is 1. The lowest BCUT2D eigenvalue weighted by molar-refractivity contribution is -0.386. The van der Waals surface area contributed by atoms with Gasteiger partial charge in [0.15, 0.2) is 5.75 Å². The molecule has 2 aromatic rings. The standard InChI is InChI=1S/C14H13NO6/c1-8-4-3-5-12(13(8)15(18)19)20-7-10-6-11(14(16)17)9(2)21-10/h3-6H,7H2,1-2H3,(H,16,17). The van der Waals surface area contributed by atoms with Gasteiger partial charge in [0.2, 0.25) is 0 Å². The molecule has 1 heterocycles. The molecule has 0 unspecified atom stereocenters. The molecule has 110 valence electrons. The Morgan fingerprint density at radius 2 is 2.14 bits per heavy atom. The van der Waals surface area contributed by atoms with Crippen LogP contribution in [0, 0.1) is 24.0 Å². The Morgan fingerprint density at radius 3 is 2.71 bits per heavy atom. The van der Waals surface area contributed by atoms with Gasteiger partial charge in [-0.3, -0.25) is 10.1 Å². The second kappa shape index (κ2) is 5.66. The van der Waals surface area contributed by atoms with Crippen LogP contribution < -0.4 is 4.74 Å². The van der Waals surface area contributed by atoms with Crippen molar-refractivity contribution in [1.82, 2.24) is 0 Å². The third-order valence-electron chi connectivity index (χ3n) is 2.95. The molecule has 0 aliphatic heterocycles. The molecule has 0 bridgehead atoms. The first-order chi connectivity index (χ1) is 9.90. The van der Waals surface area contributed by atoms with Crippen molar-refractivity contribution in [3.63, 3.8) is 0 Å². The van der Waals surface area contributed by atoms with E-state index in [2.05, 4.69) is 0 Å². The van der Waals surface area contributed by atoms with Crippen LogP contribution in [0.25, 0.3) is 0 Å². The molecule has 21 heavy (non-hydrogen) atoms. The summed E-state index contributed by atoms with van der Waals surface area (Å²) in [5.41, 5.74) is 0.422. The summed E-state index contributed by atoms with van der Waals surface area (Å²) in [6.07, 6.45) is 0. The fourth-order valence-electron chi connectivity index (χ4n) is 1.96. The Bertz CT molecular complexity index is 703. The Kier molecular flexibility index (Phi) is 3.93. The summed E-state index contributed by atoms with van der Waals surface area (Å²) >= 11 is 0. The first kappa shape index (κ1) is 14.6. The molecule has 7 nitrogen and oxygen atoms in total. The highest BCUT2D eigenvalue weighted by Gasteiger charge is 2.19. The van der Waals surface area contributed by atoms with Crippen molar-refractivity contribution in [2.45, 2.75) is 20.5 Å². The number of rotatable bonds is 5. The minimum atomic E-state index is -1.09. The summed E-state index contributed by atoms with van der Waals surface area (Å²) in [5, 5.41) is 20.0. The number of carboxylic acids is 1. The highest BCUT2D eigenvalue weighted by atomic mass is 16.6. The van der Waals surface area contributed by atoms with E-state index in [1.807, 2.05) is 0 Å². The molecule has 7 heteroatoms. The van der Waals surface area contributed by atoms with Crippen LogP contribution >= 0.6 is 0 Å². The fraction of sp³-hybridized carbons (Fsp3) is 0.214. The molecular weight excluding hydrogens is 278 g/mol. The Hall–Kier alpha value is -2.83. The van der Waals surface area contributed by atoms with Crippen molar-refractivity contribution in [2.24, 2.45) is 0 Å². The topological polar surface area (TPSA) is 103 Å². The highest BCUT2D eigenvalue weighted by Crippen LogP contribution is 2.31. The maximum atomic E-state index is 11.0. The third-order valence-corrected chi connectivity index (χ3v) is 2.95. The second-order valence-corrected chi connectivity index (χ2v) is 4.46. The number of hydrogen-bond acceptors (Lipinski definition) is 5. The van der Waals surface area contributed by atoms with E-state index in [1.165, 1.54) is 19.1 Å². The number of furan rings is 1. The number of hydrogen-bond donors (Lipinski definition) is 1. The molecule has 0 radical (unpaired) electrons. The number of carboxylic acid groups (broad SMARTS) is 1. The van der Waals surface area contributed by atoms with Crippen molar-refractivity contribution < 1.29 is 24.0 Å². The smallest absolute Gasteiger partial charge is 0.339 e. The number of ether oxygens (including phenoxy) is 1. The van der Waals surface area contributed by atoms with Crippen molar-refractivity contribution in [3.8, 4) is 5.75 Å². The van der Waals surface area contributed by atoms with Crippen LogP contribution in [0.5, 0.6) is 5.75 Å². The van der Waals surface area contributed by atoms with Gasteiger partial charge in [0.1, 0.15) is 23.7 Å². The van der Waals surface area contributed by atoms with E-state index in [-0.39, 0.29) is 29.4 Å². The summed E-state index contributed by atoms with van der Waals surface area (Å²) in [6.45, 7) is 3.06. The van der Waals surface area contributed by atoms with Crippen LogP contribution in [0.3, 0.4) is 0 Å². The van der Waals surface area contributed by atoms with E-state index in [9.17, 15) is 14.9 Å². The van der Waals surface area contributed by atoms with Gasteiger partial charge in [-0.1, -0.05) is 12.1 Å². The molecule has 0 spiro atoms. The molecule has 1 aromatic carbocycles. The van der Waals surface area contributed by atoms with E-state index < -0.39 is 10.9 Å². The molecule has 0 saturated heterocycles. The third kappa shape index (κ3) is 3.02. The lowest BCUT2D eigenvalue weighted by atomic mass is 10.2. The Morgan fingerprint density at radius 1 is 1.43 bits per heavy atom. The van der Waals surface area contributed by atoms with Crippen molar-refractivity contribution in [2.75, 3.05) is 0 Å². The van der Waals surface area contributed by atoms with Gasteiger partial charge in [0, 0.05) is 5.56 Å². The van der Waals surface area contributed by atoms with Gasteiger partial charge in [-0.05, 0) is 26.0 Å². The van der Waals surface area contributed by atoms with E-state index >= 15 is 0 Å². The molecule has 0 aliphatic carbocycles. The predicted molar refractivity (Wildman–Crippen MR) is 72.6 cm³/mol. The van der Waals surface area contributed by atoms with Crippen molar-refractivity contribution in [1.29, 1.82) is 0 Å². The molecule has 1 aromatic heterocycles. The van der Waals surface area contributed by atoms with Crippen LogP contribution in [0.15, 0.2) is 28.7 Å². The maximum absolute atomic E-state index is 11.0. The predicted octanol–water partition coefficient (Wildman–Crippen LogP) is 3.08. The molecule has 2 rings (SSSR count). The van der Waals surface area contributed by atoms with Gasteiger partial charge >= 0.3 is 11.7 Å². The zero-order chi connectivity index (χ0) is 15.6. The second-order valence-electron chi connectivity index (χ2n) is 4.46. The summed E-state index contributed by atoms with van der Waals surface area (Å²) in [5.74, 6) is -0.421. The van der Waals surface area contributed by atoms with Gasteiger partial charge < -0.3 is 14.3 Å². The number of aromatic carboxylic acids is 1. The molecule has 0 atom stereocenters. The first-order valence-electron chi connectivity index (χ1n) is 6.09. The normalized spacial score (nSPS) is 10.4. The van der Waals surface area contributed by atoms with E-state index in [0.29, 0.717) is 11.3 Å². The van der Waals surface area contributed by atoms with Gasteiger partial charge in [-0.25, -0.2) is 4.79 Å². The minimum Gasteiger partial charge on any atom is -0.479 e. The number of nitrogens with zero attached hydrogens (tertiary/aromatic N) is 1. The number of aryl methyl sites for hydroxylation is 2. The van der Waals surface area contributed by atoms with Gasteiger partial charge in [-0.2, -0.15) is 0 Å². The highest BCUT2D eigenvalue weighted by molar-refractivity contribution is 5.88. The van der Waals surface area contributed by atoms with Crippen molar-refractivity contribution in [3.05, 3.63) is 57.0 Å². The number of nitro benzene ring substituents is 1. The van der Waals surface area contributed by atoms with Crippen LogP contribution in [0.4, 0.5) is 5.69 Å². The van der Waals surface area contributed by atoms with Crippen LogP contribution in [-0.4, -0.2) is 16.0 Å². The van der Waals surface area contributed by atoms with Gasteiger partial charge in [-0.15, -0.1) is 0 Å². The lowest BCUT2D eigenvalue weighted by Gasteiger charge is -2.06. The first-order valence-corrected chi connectivity index (χ1v) is 6.09. The van der Waals surface area contributed by atoms with Gasteiger partial charge in [0.25, 0.3) is 0 Å². The average Bonchev–Trinajstić information content (AvgIpc) is 2.77. The Labute approximate surface area is 119 Å². The molecule has 0 saturated carbocycles. The summed E-state index contributed by atoms with van der Waals surface area (Å²) < 4.78 is 10.6. The zero-order valence-corrected chi connectivity index (χ0v) is 11.5. The largest absolute Gasteiger partial charge is 0.479 e. The fourth-order valence-corrected chi connectivity index (χ4v) is 1.96. The molecule has 0 amide bonds. The zero-order valence-electron chi connectivity index (χ0n) is 11.5. The van der Waals surface area contributed by atoms with E-state index in [4.69, 9.17) is 14.3 Å². The van der Waals surface area contributed by atoms with E-state index in [0.717, 1.165) is 0 Å². The lowest BCUT2D eigenvalue weighted by Crippen LogP contribution is -2.00. The summed E-state index contributed by atoms with van der Waals surface area (Å²) in [4.78, 5) is 21.4. The van der Waals surface area contributed by atoms with Crippen LogP contribution in [-0.2, 0) is 6.61 Å². The number of benzene rings is 1. The molecule has 0 fully saturated rings. The van der Waals surface area contributed by atoms with Gasteiger partial charge in [0.05, 0.1) is 4.92 Å². The SMILES string of the molecule is Cc1cccc(OCc2cc(C(=O)O)c(C)o2)c1[N+](=O)[O-]. The molecule has 1 N–H and O–H groups in total. The monoisotopic (exact) mass is 291 g/mol. The maximum Gasteiger partial charge on any atom is 0.339 e. The minimum absolute atomic E-state index is 0.0485. The summed E-state index contributed by atoms with van der Waals surface area (Å²) in [6, 6.07) is 6.09. The van der Waals surface area contributed by atoms with E-state index in [1.54, 1.807) is 19.1 Å². The number of para-hydroxylation sites is 1. The van der Waals surface area contributed by atoms with Crippen LogP contribution in [0.2, 0.25) is 0 Å². The van der Waals surface area contributed by atoms with Crippen LogP contribution in [0.1, 0.15) is 27.4 Å². The average molecular weight is 291 g/mol. The molecule has 0 aliphatic rings. The Balaban J connectivity index is 2.21. The summed E-state index contributed by atoms with van der Waals surface area (Å²) in [7, 11) is 0.